The predicted molar refractivity (Wildman–Crippen MR) is 107 cm³/mol. The van der Waals surface area contributed by atoms with Gasteiger partial charge in [-0.3, -0.25) is 9.69 Å². The molecule has 2 atom stereocenters. The lowest BCUT2D eigenvalue weighted by atomic mass is 9.95. The third-order valence-electron chi connectivity index (χ3n) is 4.86. The molecule has 0 aliphatic carbocycles. The van der Waals surface area contributed by atoms with Crippen molar-refractivity contribution >= 4 is 29.1 Å². The van der Waals surface area contributed by atoms with E-state index in [0.717, 1.165) is 18.7 Å². The lowest BCUT2D eigenvalue weighted by molar-refractivity contribution is -0.131. The van der Waals surface area contributed by atoms with E-state index >= 15 is 0 Å². The molecule has 0 saturated carbocycles. The number of hydrogen-bond acceptors (Lipinski definition) is 3. The minimum absolute atomic E-state index is 0.0468. The fourth-order valence-corrected chi connectivity index (χ4v) is 3.73. The molecule has 0 radical (unpaired) electrons. The van der Waals surface area contributed by atoms with Crippen LogP contribution in [0.3, 0.4) is 0 Å². The number of amides is 1. The number of rotatable bonds is 5. The van der Waals surface area contributed by atoms with Crippen molar-refractivity contribution in [2.75, 3.05) is 26.7 Å². The van der Waals surface area contributed by atoms with Gasteiger partial charge in [-0.1, -0.05) is 59.6 Å². The Morgan fingerprint density at radius 1 is 1.15 bits per heavy atom. The smallest absolute Gasteiger partial charge is 0.236 e. The zero-order valence-corrected chi connectivity index (χ0v) is 16.2. The number of likely N-dealkylation sites (tertiary alicyclic amines) is 1. The van der Waals surface area contributed by atoms with Crippen molar-refractivity contribution in [1.29, 1.82) is 0 Å². The summed E-state index contributed by atoms with van der Waals surface area (Å²) in [6.07, 6.45) is 0. The standard InChI is InChI=1S/C20H23Cl2N3O/c1-24(10-14-7-8-17(21)18(22)9-14)20(26)13-25-11-16(19(23)12-25)15-5-3-2-4-6-15/h2-9,16,19H,10-13,23H2,1H3/t16-,19+/m0/s1. The predicted octanol–water partition coefficient (Wildman–Crippen LogP) is 3.38. The molecule has 26 heavy (non-hydrogen) atoms. The second kappa shape index (κ2) is 8.40. The van der Waals surface area contributed by atoms with Gasteiger partial charge in [-0.05, 0) is 23.3 Å². The molecule has 0 spiro atoms. The molecule has 2 aromatic rings. The van der Waals surface area contributed by atoms with Crippen LogP contribution >= 0.6 is 23.2 Å². The maximum absolute atomic E-state index is 12.6. The third kappa shape index (κ3) is 4.57. The Balaban J connectivity index is 1.56. The summed E-state index contributed by atoms with van der Waals surface area (Å²) in [5.41, 5.74) is 8.50. The largest absolute Gasteiger partial charge is 0.340 e. The summed E-state index contributed by atoms with van der Waals surface area (Å²) in [5.74, 6) is 0.335. The van der Waals surface area contributed by atoms with Gasteiger partial charge in [0.15, 0.2) is 0 Å². The molecule has 1 saturated heterocycles. The first kappa shape index (κ1) is 19.2. The van der Waals surface area contributed by atoms with Crippen LogP contribution in [0.15, 0.2) is 48.5 Å². The highest BCUT2D eigenvalue weighted by atomic mass is 35.5. The number of carbonyl (C=O) groups is 1. The normalized spacial score (nSPS) is 20.3. The number of nitrogens with two attached hydrogens (primary N) is 1. The molecule has 6 heteroatoms. The molecule has 138 valence electrons. The van der Waals surface area contributed by atoms with Crippen LogP contribution in [0.5, 0.6) is 0 Å². The first-order valence-electron chi connectivity index (χ1n) is 8.65. The molecule has 1 fully saturated rings. The molecule has 0 bridgehead atoms. The van der Waals surface area contributed by atoms with Gasteiger partial charge in [-0.25, -0.2) is 0 Å². The monoisotopic (exact) mass is 391 g/mol. The van der Waals surface area contributed by atoms with Gasteiger partial charge in [0.05, 0.1) is 16.6 Å². The second-order valence-corrected chi connectivity index (χ2v) is 7.69. The number of hydrogen-bond donors (Lipinski definition) is 1. The van der Waals surface area contributed by atoms with Gasteiger partial charge in [-0.2, -0.15) is 0 Å². The molecule has 1 heterocycles. The Hall–Kier alpha value is -1.59. The van der Waals surface area contributed by atoms with Crippen molar-refractivity contribution in [3.05, 3.63) is 69.7 Å². The molecule has 0 aromatic heterocycles. The zero-order valence-electron chi connectivity index (χ0n) is 14.7. The Kier molecular flexibility index (Phi) is 6.20. The SMILES string of the molecule is CN(Cc1ccc(Cl)c(Cl)c1)C(=O)CN1C[C@@H](N)[C@H](c2ccccc2)C1. The molecule has 1 aliphatic heterocycles. The molecule has 4 nitrogen and oxygen atoms in total. The average Bonchev–Trinajstić information content (AvgIpc) is 2.99. The van der Waals surface area contributed by atoms with Crippen LogP contribution in [0.1, 0.15) is 17.0 Å². The minimum atomic E-state index is 0.0468. The zero-order chi connectivity index (χ0) is 18.7. The van der Waals surface area contributed by atoms with Crippen molar-refractivity contribution in [3.8, 4) is 0 Å². The second-order valence-electron chi connectivity index (χ2n) is 6.87. The maximum atomic E-state index is 12.6. The van der Waals surface area contributed by atoms with Crippen LogP contribution in [0.4, 0.5) is 0 Å². The topological polar surface area (TPSA) is 49.6 Å². The Bertz CT molecular complexity index is 769. The van der Waals surface area contributed by atoms with Crippen molar-refractivity contribution < 1.29 is 4.79 Å². The molecular weight excluding hydrogens is 369 g/mol. The number of likely N-dealkylation sites (N-methyl/N-ethyl adjacent to an activating group) is 1. The first-order valence-corrected chi connectivity index (χ1v) is 9.40. The number of benzene rings is 2. The van der Waals surface area contributed by atoms with Gasteiger partial charge in [0.1, 0.15) is 0 Å². The third-order valence-corrected chi connectivity index (χ3v) is 5.60. The maximum Gasteiger partial charge on any atom is 0.236 e. The van der Waals surface area contributed by atoms with E-state index in [1.807, 2.05) is 24.3 Å². The lowest BCUT2D eigenvalue weighted by Crippen LogP contribution is -2.38. The fraction of sp³-hybridized carbons (Fsp3) is 0.350. The van der Waals surface area contributed by atoms with Gasteiger partial charge >= 0.3 is 0 Å². The summed E-state index contributed by atoms with van der Waals surface area (Å²) in [6, 6.07) is 15.7. The summed E-state index contributed by atoms with van der Waals surface area (Å²) in [6.45, 7) is 2.40. The molecule has 1 aliphatic rings. The fourth-order valence-electron chi connectivity index (χ4n) is 3.41. The average molecular weight is 392 g/mol. The highest BCUT2D eigenvalue weighted by Gasteiger charge is 2.32. The minimum Gasteiger partial charge on any atom is -0.340 e. The lowest BCUT2D eigenvalue weighted by Gasteiger charge is -2.22. The van der Waals surface area contributed by atoms with Gasteiger partial charge in [-0.15, -0.1) is 0 Å². The summed E-state index contributed by atoms with van der Waals surface area (Å²) >= 11 is 12.0. The molecule has 2 N–H and O–H groups in total. The summed E-state index contributed by atoms with van der Waals surface area (Å²) in [7, 11) is 1.80. The number of halogens is 2. The van der Waals surface area contributed by atoms with Crippen LogP contribution in [0.25, 0.3) is 0 Å². The van der Waals surface area contributed by atoms with E-state index in [2.05, 4.69) is 17.0 Å². The first-order chi connectivity index (χ1) is 12.4. The molecule has 1 amide bonds. The van der Waals surface area contributed by atoms with E-state index in [0.29, 0.717) is 23.1 Å². The van der Waals surface area contributed by atoms with E-state index in [4.69, 9.17) is 28.9 Å². The van der Waals surface area contributed by atoms with Crippen LogP contribution < -0.4 is 5.73 Å². The Labute approximate surface area is 164 Å². The van der Waals surface area contributed by atoms with Crippen molar-refractivity contribution in [2.45, 2.75) is 18.5 Å². The van der Waals surface area contributed by atoms with Crippen molar-refractivity contribution in [1.82, 2.24) is 9.80 Å². The highest BCUT2D eigenvalue weighted by Crippen LogP contribution is 2.26. The van der Waals surface area contributed by atoms with E-state index in [1.165, 1.54) is 5.56 Å². The quantitative estimate of drug-likeness (QED) is 0.849. The number of carbonyl (C=O) groups excluding carboxylic acids is 1. The molecule has 3 rings (SSSR count). The Morgan fingerprint density at radius 3 is 2.58 bits per heavy atom. The Morgan fingerprint density at radius 2 is 1.88 bits per heavy atom. The number of nitrogens with zero attached hydrogens (tertiary/aromatic N) is 2. The van der Waals surface area contributed by atoms with Crippen LogP contribution in [-0.4, -0.2) is 48.4 Å². The molecule has 2 aromatic carbocycles. The van der Waals surface area contributed by atoms with Gasteiger partial charge in [0.25, 0.3) is 0 Å². The van der Waals surface area contributed by atoms with E-state index in [9.17, 15) is 4.79 Å². The van der Waals surface area contributed by atoms with E-state index in [1.54, 1.807) is 24.1 Å². The van der Waals surface area contributed by atoms with Crippen LogP contribution in [-0.2, 0) is 11.3 Å². The van der Waals surface area contributed by atoms with Gasteiger partial charge in [0, 0.05) is 38.6 Å². The van der Waals surface area contributed by atoms with Crippen LogP contribution in [0.2, 0.25) is 10.0 Å². The van der Waals surface area contributed by atoms with Crippen LogP contribution in [0, 0.1) is 0 Å². The summed E-state index contributed by atoms with van der Waals surface area (Å²) in [5, 5.41) is 1.02. The molecule has 0 unspecified atom stereocenters. The van der Waals surface area contributed by atoms with Crippen molar-refractivity contribution in [3.63, 3.8) is 0 Å². The highest BCUT2D eigenvalue weighted by molar-refractivity contribution is 6.42. The van der Waals surface area contributed by atoms with Gasteiger partial charge < -0.3 is 10.6 Å². The van der Waals surface area contributed by atoms with E-state index < -0.39 is 0 Å². The van der Waals surface area contributed by atoms with Crippen molar-refractivity contribution in [2.24, 2.45) is 5.73 Å². The van der Waals surface area contributed by atoms with E-state index in [-0.39, 0.29) is 17.9 Å². The molecular formula is C20H23Cl2N3O. The summed E-state index contributed by atoms with van der Waals surface area (Å²) < 4.78 is 0. The van der Waals surface area contributed by atoms with Gasteiger partial charge in [0.2, 0.25) is 5.91 Å². The summed E-state index contributed by atoms with van der Waals surface area (Å²) in [4.78, 5) is 16.4.